The summed E-state index contributed by atoms with van der Waals surface area (Å²) < 4.78 is 61.6. The first kappa shape index (κ1) is 20.1. The van der Waals surface area contributed by atoms with E-state index in [9.17, 15) is 22.9 Å². The van der Waals surface area contributed by atoms with E-state index in [2.05, 4.69) is 0 Å². The van der Waals surface area contributed by atoms with Crippen molar-refractivity contribution >= 4 is 7.82 Å². The van der Waals surface area contributed by atoms with Gasteiger partial charge in [0, 0.05) is 6.42 Å². The number of nitrogens with one attached hydrogen (secondary N) is 1. The van der Waals surface area contributed by atoms with Crippen LogP contribution < -0.4 is 11.2 Å². The number of aromatic amines is 1. The van der Waals surface area contributed by atoms with Crippen LogP contribution >= 0.6 is 7.82 Å². The molecule has 1 aromatic heterocycles. The van der Waals surface area contributed by atoms with Gasteiger partial charge in [0.05, 0.1) is 19.4 Å². The van der Waals surface area contributed by atoms with Gasteiger partial charge in [-0.15, -0.1) is 0 Å². The second kappa shape index (κ2) is 7.92. The number of H-pyrrole nitrogens is 1. The summed E-state index contributed by atoms with van der Waals surface area (Å²) in [6.45, 7) is -0.0786. The van der Waals surface area contributed by atoms with Crippen molar-refractivity contribution in [2.75, 3.05) is 13.2 Å². The Morgan fingerprint density at radius 3 is 2.72 bits per heavy atom. The summed E-state index contributed by atoms with van der Waals surface area (Å²) in [4.78, 5) is 24.9. The maximum atomic E-state index is 13.5. The molecule has 0 spiro atoms. The van der Waals surface area contributed by atoms with E-state index in [1.165, 1.54) is 12.1 Å². The van der Waals surface area contributed by atoms with Gasteiger partial charge in [0.15, 0.2) is 0 Å². The average Bonchev–Trinajstić information content (AvgIpc) is 3.08. The molecule has 3 heterocycles. The van der Waals surface area contributed by atoms with Crippen molar-refractivity contribution < 1.29 is 31.7 Å². The van der Waals surface area contributed by atoms with Gasteiger partial charge in [0.25, 0.3) is 5.56 Å². The molecule has 0 bridgehead atoms. The van der Waals surface area contributed by atoms with Gasteiger partial charge in [0.1, 0.15) is 24.3 Å². The van der Waals surface area contributed by atoms with Gasteiger partial charge in [-0.1, -0.05) is 12.1 Å². The Hall–Kier alpha value is -2.17. The van der Waals surface area contributed by atoms with E-state index < -0.39 is 43.3 Å². The topological polar surface area (TPSA) is 109 Å². The number of rotatable bonds is 5. The molecule has 12 heteroatoms. The fourth-order valence-corrected chi connectivity index (χ4v) is 4.56. The van der Waals surface area contributed by atoms with Gasteiger partial charge >= 0.3 is 13.5 Å². The highest BCUT2D eigenvalue weighted by atomic mass is 31.2. The third kappa shape index (κ3) is 4.39. The first-order valence-corrected chi connectivity index (χ1v) is 10.3. The van der Waals surface area contributed by atoms with Crippen LogP contribution in [0.2, 0.25) is 0 Å². The van der Waals surface area contributed by atoms with Crippen LogP contribution in [0.3, 0.4) is 0 Å². The molecule has 1 aromatic carbocycles. The van der Waals surface area contributed by atoms with E-state index in [0.29, 0.717) is 6.42 Å². The molecule has 0 aliphatic carbocycles. The van der Waals surface area contributed by atoms with Gasteiger partial charge in [-0.05, 0) is 24.1 Å². The molecule has 29 heavy (non-hydrogen) atoms. The van der Waals surface area contributed by atoms with Gasteiger partial charge in [-0.2, -0.15) is 4.39 Å². The minimum Gasteiger partial charge on any atom is -0.349 e. The highest BCUT2D eigenvalue weighted by Crippen LogP contribution is 2.56. The van der Waals surface area contributed by atoms with Gasteiger partial charge in [0.2, 0.25) is 5.82 Å². The van der Waals surface area contributed by atoms with Crippen molar-refractivity contribution in [2.45, 2.75) is 31.3 Å². The van der Waals surface area contributed by atoms with E-state index in [1.54, 1.807) is 12.1 Å². The maximum Gasteiger partial charge on any atom is 0.475 e. The highest BCUT2D eigenvalue weighted by molar-refractivity contribution is 7.48. The SMILES string of the molecule is O=c1[nH]c(=O)n([C@H]2C[C@@H]3OP(=O)(OCCc4ccc(F)cc4)OC[C@H]3O2)cc1F. The molecule has 2 aromatic rings. The number of phosphoric ester groups is 1. The number of fused-ring (bicyclic) bond motifs is 1. The molecular weight excluding hydrogens is 413 g/mol. The van der Waals surface area contributed by atoms with Crippen molar-refractivity contribution in [3.63, 3.8) is 0 Å². The first-order valence-electron chi connectivity index (χ1n) is 8.81. The summed E-state index contributed by atoms with van der Waals surface area (Å²) in [7, 11) is -3.85. The molecule has 2 saturated heterocycles. The number of benzene rings is 1. The molecule has 156 valence electrons. The average molecular weight is 430 g/mol. The Morgan fingerprint density at radius 2 is 1.97 bits per heavy atom. The smallest absolute Gasteiger partial charge is 0.349 e. The number of nitrogens with zero attached hydrogens (tertiary/aromatic N) is 1. The maximum absolute atomic E-state index is 13.5. The van der Waals surface area contributed by atoms with Gasteiger partial charge in [-0.3, -0.25) is 27.9 Å². The Kier molecular flexibility index (Phi) is 5.50. The predicted octanol–water partition coefficient (Wildman–Crippen LogP) is 1.89. The lowest BCUT2D eigenvalue weighted by Gasteiger charge is -2.29. The number of phosphoric acid groups is 1. The van der Waals surface area contributed by atoms with Crippen LogP contribution in [0.4, 0.5) is 8.78 Å². The summed E-state index contributed by atoms with van der Waals surface area (Å²) in [5, 5.41) is 0. The number of ether oxygens (including phenoxy) is 1. The van der Waals surface area contributed by atoms with E-state index >= 15 is 0 Å². The summed E-state index contributed by atoms with van der Waals surface area (Å²) in [5.41, 5.74) is -1.17. The highest BCUT2D eigenvalue weighted by Gasteiger charge is 2.48. The van der Waals surface area contributed by atoms with Crippen molar-refractivity contribution in [3.05, 3.63) is 68.5 Å². The second-order valence-corrected chi connectivity index (χ2v) is 8.23. The molecule has 2 fully saturated rings. The lowest BCUT2D eigenvalue weighted by atomic mass is 10.2. The summed E-state index contributed by atoms with van der Waals surface area (Å²) in [6.07, 6.45) is -1.04. The molecule has 2 aliphatic rings. The molecule has 0 amide bonds. The fourth-order valence-electron chi connectivity index (χ4n) is 3.16. The Bertz CT molecular complexity index is 1050. The summed E-state index contributed by atoms with van der Waals surface area (Å²) in [6, 6.07) is 5.80. The molecule has 4 rings (SSSR count). The van der Waals surface area contributed by atoms with Crippen LogP contribution in [0.25, 0.3) is 0 Å². The van der Waals surface area contributed by atoms with Crippen molar-refractivity contribution in [2.24, 2.45) is 0 Å². The van der Waals surface area contributed by atoms with Crippen LogP contribution in [0.1, 0.15) is 18.2 Å². The summed E-state index contributed by atoms with van der Waals surface area (Å²) in [5.74, 6) is -1.49. The molecular formula is C17H17F2N2O7P. The van der Waals surface area contributed by atoms with Gasteiger partial charge < -0.3 is 4.74 Å². The molecule has 0 radical (unpaired) electrons. The number of hydrogen-bond donors (Lipinski definition) is 1. The molecule has 1 N–H and O–H groups in total. The van der Waals surface area contributed by atoms with Gasteiger partial charge in [-0.25, -0.2) is 13.8 Å². The third-order valence-electron chi connectivity index (χ3n) is 4.63. The van der Waals surface area contributed by atoms with Crippen LogP contribution in [-0.4, -0.2) is 35.0 Å². The quantitative estimate of drug-likeness (QED) is 0.722. The molecule has 9 nitrogen and oxygen atoms in total. The lowest BCUT2D eigenvalue weighted by Crippen LogP contribution is -2.34. The largest absolute Gasteiger partial charge is 0.475 e. The predicted molar refractivity (Wildman–Crippen MR) is 94.3 cm³/mol. The van der Waals surface area contributed by atoms with Crippen LogP contribution in [0, 0.1) is 11.6 Å². The third-order valence-corrected chi connectivity index (χ3v) is 6.12. The Morgan fingerprint density at radius 1 is 1.21 bits per heavy atom. The Balaban J connectivity index is 1.37. The van der Waals surface area contributed by atoms with Crippen LogP contribution in [0.15, 0.2) is 40.1 Å². The molecule has 4 atom stereocenters. The van der Waals surface area contributed by atoms with E-state index in [0.717, 1.165) is 16.3 Å². The minimum absolute atomic E-state index is 0.0230. The van der Waals surface area contributed by atoms with E-state index in [1.807, 2.05) is 4.98 Å². The zero-order valence-electron chi connectivity index (χ0n) is 15.0. The lowest BCUT2D eigenvalue weighted by molar-refractivity contribution is -0.0722. The van der Waals surface area contributed by atoms with Crippen molar-refractivity contribution in [1.82, 2.24) is 9.55 Å². The molecule has 2 aliphatic heterocycles. The second-order valence-electron chi connectivity index (χ2n) is 6.61. The summed E-state index contributed by atoms with van der Waals surface area (Å²) >= 11 is 0. The number of hydrogen-bond acceptors (Lipinski definition) is 7. The zero-order valence-corrected chi connectivity index (χ0v) is 15.8. The van der Waals surface area contributed by atoms with Crippen molar-refractivity contribution in [1.29, 1.82) is 0 Å². The monoisotopic (exact) mass is 430 g/mol. The molecule has 0 saturated carbocycles. The zero-order chi connectivity index (χ0) is 20.6. The van der Waals surface area contributed by atoms with Crippen LogP contribution in [0.5, 0.6) is 0 Å². The number of aromatic nitrogens is 2. The Labute approximate surface area is 162 Å². The fraction of sp³-hybridized carbons (Fsp3) is 0.412. The van der Waals surface area contributed by atoms with E-state index in [-0.39, 0.29) is 25.5 Å². The first-order chi connectivity index (χ1) is 13.8. The number of halogens is 2. The molecule has 1 unspecified atom stereocenters. The van der Waals surface area contributed by atoms with E-state index in [4.69, 9.17) is 18.3 Å². The van der Waals surface area contributed by atoms with Crippen LogP contribution in [-0.2, 0) is 29.3 Å². The normalized spacial score (nSPS) is 29.0. The standard InChI is InChI=1S/C17H17F2N2O7P/c18-11-3-1-10(2-4-11)5-6-25-29(24)26-9-14-13(28-29)7-15(27-14)21-8-12(19)16(22)20-17(21)23/h1-4,8,13-15H,5-7,9H2,(H,20,22,23)/t13-,14+,15+,29?/m0/s1. The van der Waals surface area contributed by atoms with Crippen molar-refractivity contribution in [3.8, 4) is 0 Å². The minimum atomic E-state index is -3.85.